The summed E-state index contributed by atoms with van der Waals surface area (Å²) in [4.78, 5) is 10.8. The van der Waals surface area contributed by atoms with E-state index in [2.05, 4.69) is 33.8 Å². The summed E-state index contributed by atoms with van der Waals surface area (Å²) in [5.74, 6) is 1.39. The number of anilines is 1. The molecule has 2 aromatic rings. The normalized spacial score (nSPS) is 14.1. The van der Waals surface area contributed by atoms with Crippen LogP contribution in [0.4, 0.5) is 5.82 Å². The van der Waals surface area contributed by atoms with Gasteiger partial charge < -0.3 is 10.0 Å². The highest BCUT2D eigenvalue weighted by Gasteiger charge is 2.26. The first-order chi connectivity index (χ1) is 9.70. The van der Waals surface area contributed by atoms with E-state index in [0.717, 1.165) is 18.9 Å². The van der Waals surface area contributed by atoms with Crippen molar-refractivity contribution >= 4 is 5.82 Å². The van der Waals surface area contributed by atoms with Gasteiger partial charge in [0.05, 0.1) is 31.6 Å². The molecule has 2 aromatic heterocycles. The molecule has 0 saturated heterocycles. The molecule has 6 heteroatoms. The molecule has 20 heavy (non-hydrogen) atoms. The number of aliphatic hydroxyl groups is 1. The lowest BCUT2D eigenvalue weighted by Crippen LogP contribution is -2.20. The first-order valence-corrected chi connectivity index (χ1v) is 6.90. The van der Waals surface area contributed by atoms with E-state index in [4.69, 9.17) is 5.11 Å². The molecule has 0 spiro atoms. The topological polar surface area (TPSA) is 67.1 Å². The number of hydrogen-bond acceptors (Lipinski definition) is 5. The Morgan fingerprint density at radius 3 is 2.90 bits per heavy atom. The van der Waals surface area contributed by atoms with Crippen LogP contribution < -0.4 is 4.90 Å². The van der Waals surface area contributed by atoms with Crippen molar-refractivity contribution in [1.29, 1.82) is 0 Å². The highest BCUT2D eigenvalue weighted by molar-refractivity contribution is 5.50. The molecule has 0 bridgehead atoms. The predicted octanol–water partition coefficient (Wildman–Crippen LogP) is 1.31. The van der Waals surface area contributed by atoms with Crippen molar-refractivity contribution in [2.24, 2.45) is 0 Å². The van der Waals surface area contributed by atoms with Crippen LogP contribution in [-0.4, -0.2) is 31.5 Å². The fraction of sp³-hybridized carbons (Fsp3) is 0.500. The number of hydrogen-bond donors (Lipinski definition) is 1. The molecule has 0 atom stereocenters. The Labute approximate surface area is 118 Å². The van der Waals surface area contributed by atoms with Gasteiger partial charge in [0.25, 0.3) is 0 Å². The van der Waals surface area contributed by atoms with Crippen molar-refractivity contribution in [3.63, 3.8) is 0 Å². The van der Waals surface area contributed by atoms with Crippen LogP contribution in [-0.2, 0) is 19.6 Å². The van der Waals surface area contributed by atoms with Gasteiger partial charge in [0.15, 0.2) is 0 Å². The summed E-state index contributed by atoms with van der Waals surface area (Å²) < 4.78 is 1.88. The number of rotatable bonds is 4. The lowest BCUT2D eigenvalue weighted by Gasteiger charge is -2.21. The van der Waals surface area contributed by atoms with Gasteiger partial charge in [0, 0.05) is 23.9 Å². The molecule has 6 nitrogen and oxygen atoms in total. The van der Waals surface area contributed by atoms with Crippen LogP contribution in [0.25, 0.3) is 0 Å². The van der Waals surface area contributed by atoms with E-state index in [1.165, 1.54) is 16.8 Å². The maximum atomic E-state index is 9.07. The Kier molecular flexibility index (Phi) is 3.40. The number of nitrogens with zero attached hydrogens (tertiary/aromatic N) is 5. The minimum absolute atomic E-state index is 0.110. The third-order valence-corrected chi connectivity index (χ3v) is 3.69. The SMILES string of the molecule is CC(C)c1cncnc1N1Cc2cnn(CCO)c2C1. The molecule has 0 unspecified atom stereocenters. The monoisotopic (exact) mass is 273 g/mol. The summed E-state index contributed by atoms with van der Waals surface area (Å²) >= 11 is 0. The Balaban J connectivity index is 1.89. The fourth-order valence-corrected chi connectivity index (χ4v) is 2.65. The van der Waals surface area contributed by atoms with E-state index in [-0.39, 0.29) is 6.61 Å². The minimum Gasteiger partial charge on any atom is -0.394 e. The summed E-state index contributed by atoms with van der Waals surface area (Å²) in [6.07, 6.45) is 5.39. The number of aliphatic hydroxyl groups excluding tert-OH is 1. The van der Waals surface area contributed by atoms with E-state index >= 15 is 0 Å². The Morgan fingerprint density at radius 2 is 2.15 bits per heavy atom. The summed E-state index contributed by atoms with van der Waals surface area (Å²) in [6.45, 7) is 6.56. The average molecular weight is 273 g/mol. The predicted molar refractivity (Wildman–Crippen MR) is 75.3 cm³/mol. The maximum Gasteiger partial charge on any atom is 0.136 e. The van der Waals surface area contributed by atoms with Gasteiger partial charge in [-0.3, -0.25) is 4.68 Å². The molecule has 1 aliphatic rings. The van der Waals surface area contributed by atoms with E-state index < -0.39 is 0 Å². The quantitative estimate of drug-likeness (QED) is 0.909. The fourth-order valence-electron chi connectivity index (χ4n) is 2.65. The van der Waals surface area contributed by atoms with Crippen LogP contribution in [0.1, 0.15) is 36.6 Å². The molecule has 0 fully saturated rings. The lowest BCUT2D eigenvalue weighted by atomic mass is 10.1. The number of aromatic nitrogens is 4. The van der Waals surface area contributed by atoms with Crippen molar-refractivity contribution in [2.75, 3.05) is 11.5 Å². The molecule has 3 heterocycles. The average Bonchev–Trinajstić information content (AvgIpc) is 3.01. The van der Waals surface area contributed by atoms with Crippen LogP contribution >= 0.6 is 0 Å². The molecular weight excluding hydrogens is 254 g/mol. The molecule has 0 aromatic carbocycles. The van der Waals surface area contributed by atoms with E-state index in [1.807, 2.05) is 17.1 Å². The van der Waals surface area contributed by atoms with Gasteiger partial charge >= 0.3 is 0 Å². The molecule has 3 rings (SSSR count). The van der Waals surface area contributed by atoms with Crippen molar-refractivity contribution in [2.45, 2.75) is 39.4 Å². The third kappa shape index (κ3) is 2.16. The van der Waals surface area contributed by atoms with Crippen molar-refractivity contribution in [3.05, 3.63) is 35.5 Å². The van der Waals surface area contributed by atoms with Crippen molar-refractivity contribution in [1.82, 2.24) is 19.7 Å². The molecule has 1 N–H and O–H groups in total. The first-order valence-electron chi connectivity index (χ1n) is 6.90. The van der Waals surface area contributed by atoms with Crippen LogP contribution in [0.3, 0.4) is 0 Å². The highest BCUT2D eigenvalue weighted by Crippen LogP contribution is 2.31. The third-order valence-electron chi connectivity index (χ3n) is 3.69. The second kappa shape index (κ2) is 5.20. The van der Waals surface area contributed by atoms with Crippen molar-refractivity contribution < 1.29 is 5.11 Å². The van der Waals surface area contributed by atoms with Crippen LogP contribution in [0.15, 0.2) is 18.7 Å². The first kappa shape index (κ1) is 13.1. The second-order valence-electron chi connectivity index (χ2n) is 5.38. The zero-order valence-corrected chi connectivity index (χ0v) is 11.8. The Bertz CT molecular complexity index is 607. The van der Waals surface area contributed by atoms with Crippen LogP contribution in [0, 0.1) is 0 Å². The van der Waals surface area contributed by atoms with Gasteiger partial charge in [0.1, 0.15) is 12.1 Å². The molecular formula is C14H19N5O. The zero-order chi connectivity index (χ0) is 14.1. The smallest absolute Gasteiger partial charge is 0.136 e. The van der Waals surface area contributed by atoms with Crippen LogP contribution in [0.2, 0.25) is 0 Å². The standard InChI is InChI=1S/C14H19N5O/c1-10(2)12-6-15-9-16-14(12)18-7-11-5-17-19(3-4-20)13(11)8-18/h5-6,9-10,20H,3-4,7-8H2,1-2H3. The van der Waals surface area contributed by atoms with E-state index in [9.17, 15) is 0 Å². The van der Waals surface area contributed by atoms with Gasteiger partial charge in [0.2, 0.25) is 0 Å². The van der Waals surface area contributed by atoms with Gasteiger partial charge in [-0.15, -0.1) is 0 Å². The summed E-state index contributed by atoms with van der Waals surface area (Å²) in [7, 11) is 0. The second-order valence-corrected chi connectivity index (χ2v) is 5.38. The van der Waals surface area contributed by atoms with Gasteiger partial charge in [-0.1, -0.05) is 13.8 Å². The molecule has 1 aliphatic heterocycles. The largest absolute Gasteiger partial charge is 0.394 e. The summed E-state index contributed by atoms with van der Waals surface area (Å²) in [5, 5.41) is 13.4. The molecule has 106 valence electrons. The number of fused-ring (bicyclic) bond motifs is 1. The highest BCUT2D eigenvalue weighted by atomic mass is 16.3. The van der Waals surface area contributed by atoms with E-state index in [1.54, 1.807) is 6.33 Å². The van der Waals surface area contributed by atoms with Gasteiger partial charge in [-0.05, 0) is 5.92 Å². The van der Waals surface area contributed by atoms with Crippen LogP contribution in [0.5, 0.6) is 0 Å². The molecule has 0 amide bonds. The Morgan fingerprint density at radius 1 is 1.30 bits per heavy atom. The Hall–Kier alpha value is -1.95. The maximum absolute atomic E-state index is 9.07. The summed E-state index contributed by atoms with van der Waals surface area (Å²) in [5.41, 5.74) is 3.55. The van der Waals surface area contributed by atoms with Crippen molar-refractivity contribution in [3.8, 4) is 0 Å². The summed E-state index contributed by atoms with van der Waals surface area (Å²) in [6, 6.07) is 0. The molecule has 0 aliphatic carbocycles. The zero-order valence-electron chi connectivity index (χ0n) is 11.8. The lowest BCUT2D eigenvalue weighted by molar-refractivity contribution is 0.267. The van der Waals surface area contributed by atoms with Gasteiger partial charge in [-0.25, -0.2) is 9.97 Å². The molecule has 0 radical (unpaired) electrons. The molecule has 0 saturated carbocycles. The van der Waals surface area contributed by atoms with Gasteiger partial charge in [-0.2, -0.15) is 5.10 Å². The minimum atomic E-state index is 0.110. The van der Waals surface area contributed by atoms with E-state index in [0.29, 0.717) is 12.5 Å².